The first kappa shape index (κ1) is 29.6. The molecule has 228 valence electrons. The molecular formula is C27H37F2N9O4. The highest BCUT2D eigenvalue weighted by molar-refractivity contribution is 5.88. The van der Waals surface area contributed by atoms with E-state index < -0.39 is 30.5 Å². The second-order valence-corrected chi connectivity index (χ2v) is 11.3. The number of piperidine rings is 2. The van der Waals surface area contributed by atoms with Crippen LogP contribution in [0, 0.1) is 5.41 Å². The number of ether oxygens (including phenoxy) is 2. The van der Waals surface area contributed by atoms with Gasteiger partial charge in [-0.25, -0.2) is 33.3 Å². The van der Waals surface area contributed by atoms with Crippen molar-refractivity contribution in [2.45, 2.75) is 57.0 Å². The second kappa shape index (κ2) is 12.2. The number of carbonyl (C=O) groups is 2. The van der Waals surface area contributed by atoms with Crippen molar-refractivity contribution < 1.29 is 27.8 Å². The Kier molecular flexibility index (Phi) is 8.57. The van der Waals surface area contributed by atoms with Crippen LogP contribution < -0.4 is 25.0 Å². The third-order valence-corrected chi connectivity index (χ3v) is 8.37. The van der Waals surface area contributed by atoms with Crippen molar-refractivity contribution in [3.05, 3.63) is 24.7 Å². The fourth-order valence-electron chi connectivity index (χ4n) is 5.84. The maximum absolute atomic E-state index is 15.0. The minimum atomic E-state index is -3.16. The predicted octanol–water partition coefficient (Wildman–Crippen LogP) is 3.01. The Balaban J connectivity index is 1.16. The van der Waals surface area contributed by atoms with Gasteiger partial charge in [-0.05, 0) is 58.2 Å². The molecule has 42 heavy (non-hydrogen) atoms. The van der Waals surface area contributed by atoms with Gasteiger partial charge in [0.25, 0.3) is 5.92 Å². The lowest BCUT2D eigenvalue weighted by Gasteiger charge is -2.51. The molecule has 1 aliphatic carbocycles. The van der Waals surface area contributed by atoms with E-state index >= 15 is 0 Å². The molecule has 2 aromatic heterocycles. The first-order valence-corrected chi connectivity index (χ1v) is 14.2. The van der Waals surface area contributed by atoms with Crippen LogP contribution >= 0.6 is 0 Å². The second-order valence-electron chi connectivity index (χ2n) is 11.3. The fraction of sp³-hybridized carbons (Fsp3) is 0.630. The van der Waals surface area contributed by atoms with Crippen molar-refractivity contribution in [1.82, 2.24) is 35.1 Å². The van der Waals surface area contributed by atoms with Gasteiger partial charge in [-0.1, -0.05) is 0 Å². The number of alkyl halides is 2. The van der Waals surface area contributed by atoms with Crippen LogP contribution in [0.4, 0.5) is 30.1 Å². The highest BCUT2D eigenvalue weighted by Gasteiger charge is 2.48. The maximum Gasteiger partial charge on any atom is 0.414 e. The maximum atomic E-state index is 15.0. The van der Waals surface area contributed by atoms with E-state index in [2.05, 4.69) is 42.5 Å². The molecule has 0 bridgehead atoms. The predicted molar refractivity (Wildman–Crippen MR) is 149 cm³/mol. The molecule has 3 amide bonds. The molecule has 3 fully saturated rings. The summed E-state index contributed by atoms with van der Waals surface area (Å²) in [6, 6.07) is -0.755. The summed E-state index contributed by atoms with van der Waals surface area (Å²) in [5, 5.41) is 5.39. The summed E-state index contributed by atoms with van der Waals surface area (Å²) in [5.41, 5.74) is 0.311. The lowest BCUT2D eigenvalue weighted by molar-refractivity contribution is -0.0760. The minimum Gasteiger partial charge on any atom is -0.477 e. The van der Waals surface area contributed by atoms with Gasteiger partial charge >= 0.3 is 12.1 Å². The number of anilines is 2. The number of urea groups is 1. The highest BCUT2D eigenvalue weighted by Crippen LogP contribution is 2.48. The Hall–Kier alpha value is -3.88. The van der Waals surface area contributed by atoms with Crippen LogP contribution in [0.2, 0.25) is 0 Å². The molecule has 4 heterocycles. The first-order valence-electron chi connectivity index (χ1n) is 14.2. The Morgan fingerprint density at radius 1 is 1.10 bits per heavy atom. The molecule has 0 radical (unpaired) electrons. The SMILES string of the molecule is CCOc1cnc(NC(=O)N(C)[C@H]2CN(c3nccc(OC(=O)NC4CC5(CCN(C)CC5)C4)n3)CCC2(F)F)cn1. The molecule has 2 aromatic rings. The monoisotopic (exact) mass is 589 g/mol. The summed E-state index contributed by atoms with van der Waals surface area (Å²) >= 11 is 0. The molecule has 0 unspecified atom stereocenters. The molecule has 1 atom stereocenters. The molecule has 15 heteroatoms. The van der Waals surface area contributed by atoms with Gasteiger partial charge in [0.1, 0.15) is 6.04 Å². The summed E-state index contributed by atoms with van der Waals surface area (Å²) in [4.78, 5) is 46.7. The van der Waals surface area contributed by atoms with Crippen LogP contribution in [0.3, 0.4) is 0 Å². The smallest absolute Gasteiger partial charge is 0.414 e. The van der Waals surface area contributed by atoms with E-state index in [0.717, 1.165) is 43.7 Å². The van der Waals surface area contributed by atoms with Crippen molar-refractivity contribution in [1.29, 1.82) is 0 Å². The highest BCUT2D eigenvalue weighted by atomic mass is 19.3. The molecule has 13 nitrogen and oxygen atoms in total. The Bertz CT molecular complexity index is 1250. The van der Waals surface area contributed by atoms with Crippen molar-refractivity contribution in [3.63, 3.8) is 0 Å². The van der Waals surface area contributed by atoms with E-state index in [1.54, 1.807) is 11.8 Å². The molecule has 2 saturated heterocycles. The number of likely N-dealkylation sites (N-methyl/N-ethyl adjacent to an activating group) is 1. The van der Waals surface area contributed by atoms with Gasteiger partial charge in [-0.15, -0.1) is 0 Å². The lowest BCUT2D eigenvalue weighted by atomic mass is 9.60. The lowest BCUT2D eigenvalue weighted by Crippen LogP contribution is -2.60. The van der Waals surface area contributed by atoms with Crippen LogP contribution in [0.1, 0.15) is 39.0 Å². The van der Waals surface area contributed by atoms with Gasteiger partial charge < -0.3 is 29.5 Å². The van der Waals surface area contributed by atoms with Crippen LogP contribution in [0.15, 0.2) is 24.7 Å². The average Bonchev–Trinajstić information content (AvgIpc) is 2.94. The standard InChI is InChI=1S/C27H37F2N9O4/c1-4-41-22-16-31-20(15-32-22)34-24(39)37(3)19-17-38(12-8-27(19,28)29)23-30-9-5-21(35-23)42-25(40)33-18-13-26(14-18)6-10-36(2)11-7-26/h5,9,15-16,18-19H,4,6-8,10-14,17H2,1-3H3,(H,33,40)(H,31,34,39)/t19-/m0/s1. The zero-order chi connectivity index (χ0) is 29.9. The van der Waals surface area contributed by atoms with Gasteiger partial charge in [0.15, 0.2) is 5.82 Å². The normalized spacial score (nSPS) is 21.7. The number of rotatable bonds is 7. The van der Waals surface area contributed by atoms with Gasteiger partial charge in [0.2, 0.25) is 17.7 Å². The van der Waals surface area contributed by atoms with Gasteiger partial charge in [-0.3, -0.25) is 5.32 Å². The van der Waals surface area contributed by atoms with E-state index in [1.165, 1.54) is 31.7 Å². The summed E-state index contributed by atoms with van der Waals surface area (Å²) in [6.45, 7) is 4.07. The zero-order valence-corrected chi connectivity index (χ0v) is 24.1. The number of halogens is 2. The molecule has 1 spiro atoms. The third kappa shape index (κ3) is 6.77. The van der Waals surface area contributed by atoms with Gasteiger partial charge in [-0.2, -0.15) is 4.98 Å². The van der Waals surface area contributed by atoms with Crippen molar-refractivity contribution in [2.24, 2.45) is 5.41 Å². The quantitative estimate of drug-likeness (QED) is 0.496. The van der Waals surface area contributed by atoms with Crippen LogP contribution in [0.25, 0.3) is 0 Å². The van der Waals surface area contributed by atoms with Crippen LogP contribution in [0.5, 0.6) is 11.8 Å². The number of nitrogens with zero attached hydrogens (tertiary/aromatic N) is 7. The Morgan fingerprint density at radius 2 is 1.86 bits per heavy atom. The molecule has 5 rings (SSSR count). The number of likely N-dealkylation sites (tertiary alicyclic amines) is 1. The summed E-state index contributed by atoms with van der Waals surface area (Å²) in [5.74, 6) is -2.64. The van der Waals surface area contributed by atoms with Crippen LogP contribution in [-0.4, -0.2) is 107 Å². The number of hydrogen-bond acceptors (Lipinski definition) is 10. The molecular weight excluding hydrogens is 552 g/mol. The Labute approximate surface area is 243 Å². The summed E-state index contributed by atoms with van der Waals surface area (Å²) in [7, 11) is 3.42. The van der Waals surface area contributed by atoms with Crippen molar-refractivity contribution >= 4 is 23.9 Å². The molecule has 2 aliphatic heterocycles. The number of nitrogens with one attached hydrogen (secondary N) is 2. The van der Waals surface area contributed by atoms with Crippen LogP contribution in [-0.2, 0) is 0 Å². The average molecular weight is 590 g/mol. The van der Waals surface area contributed by atoms with E-state index in [-0.39, 0.29) is 42.7 Å². The molecule has 0 aromatic carbocycles. The third-order valence-electron chi connectivity index (χ3n) is 8.37. The number of carbonyl (C=O) groups excluding carboxylic acids is 2. The minimum absolute atomic E-state index is 0.0138. The number of aromatic nitrogens is 4. The topological polar surface area (TPSA) is 138 Å². The van der Waals surface area contributed by atoms with Crippen molar-refractivity contribution in [3.8, 4) is 11.8 Å². The largest absolute Gasteiger partial charge is 0.477 e. The summed E-state index contributed by atoms with van der Waals surface area (Å²) < 4.78 is 40.6. The molecule has 1 saturated carbocycles. The van der Waals surface area contributed by atoms with E-state index in [1.807, 2.05) is 0 Å². The first-order chi connectivity index (χ1) is 20.1. The number of amides is 3. The molecule has 2 N–H and O–H groups in total. The van der Waals surface area contributed by atoms with E-state index in [4.69, 9.17) is 9.47 Å². The van der Waals surface area contributed by atoms with Gasteiger partial charge in [0, 0.05) is 44.9 Å². The fourth-order valence-corrected chi connectivity index (χ4v) is 5.84. The zero-order valence-electron chi connectivity index (χ0n) is 24.1. The number of hydrogen-bond donors (Lipinski definition) is 2. The van der Waals surface area contributed by atoms with E-state index in [0.29, 0.717) is 12.0 Å². The van der Waals surface area contributed by atoms with E-state index in [9.17, 15) is 18.4 Å². The van der Waals surface area contributed by atoms with Gasteiger partial charge in [0.05, 0.1) is 19.0 Å². The molecule has 3 aliphatic rings. The summed E-state index contributed by atoms with van der Waals surface area (Å²) in [6.07, 6.45) is 7.03. The Morgan fingerprint density at radius 3 is 2.55 bits per heavy atom. The van der Waals surface area contributed by atoms with Crippen molar-refractivity contribution in [2.75, 3.05) is 57.1 Å².